The summed E-state index contributed by atoms with van der Waals surface area (Å²) in [5.74, 6) is 0.851. The Morgan fingerprint density at radius 2 is 1.65 bits per heavy atom. The van der Waals surface area contributed by atoms with Crippen molar-refractivity contribution in [3.63, 3.8) is 0 Å². The van der Waals surface area contributed by atoms with E-state index in [4.69, 9.17) is 4.74 Å². The highest BCUT2D eigenvalue weighted by Gasteiger charge is 2.34. The van der Waals surface area contributed by atoms with E-state index in [2.05, 4.69) is 10.6 Å². The first-order valence-electron chi connectivity index (χ1n) is 7.65. The first-order valence-corrected chi connectivity index (χ1v) is 7.65. The van der Waals surface area contributed by atoms with Gasteiger partial charge in [-0.25, -0.2) is 0 Å². The van der Waals surface area contributed by atoms with Gasteiger partial charge in [-0.15, -0.1) is 0 Å². The van der Waals surface area contributed by atoms with Crippen LogP contribution in [0.3, 0.4) is 0 Å². The van der Waals surface area contributed by atoms with Gasteiger partial charge in [0.15, 0.2) is 0 Å². The lowest BCUT2D eigenvalue weighted by molar-refractivity contribution is -0.122. The second kappa shape index (κ2) is 5.43. The van der Waals surface area contributed by atoms with E-state index in [0.717, 1.165) is 11.1 Å². The highest BCUT2D eigenvalue weighted by Crippen LogP contribution is 2.43. The van der Waals surface area contributed by atoms with Gasteiger partial charge in [0.1, 0.15) is 11.5 Å². The lowest BCUT2D eigenvalue weighted by Crippen LogP contribution is -2.40. The first kappa shape index (κ1) is 13.8. The zero-order valence-corrected chi connectivity index (χ0v) is 12.4. The fourth-order valence-corrected chi connectivity index (χ4v) is 3.18. The van der Waals surface area contributed by atoms with Crippen LogP contribution in [0.15, 0.2) is 48.5 Å². The SMILES string of the molecule is O=C1CC(NC(=O)C2c3ccccc3Oc3ccccc32)CN1. The van der Waals surface area contributed by atoms with Crippen molar-refractivity contribution in [2.45, 2.75) is 18.4 Å². The Bertz CT molecular complexity index is 742. The highest BCUT2D eigenvalue weighted by molar-refractivity contribution is 5.90. The molecule has 1 unspecified atom stereocenters. The molecule has 23 heavy (non-hydrogen) atoms. The van der Waals surface area contributed by atoms with E-state index in [1.807, 2.05) is 48.5 Å². The second-order valence-electron chi connectivity index (χ2n) is 5.82. The molecule has 116 valence electrons. The predicted molar refractivity (Wildman–Crippen MR) is 84.4 cm³/mol. The fourth-order valence-electron chi connectivity index (χ4n) is 3.18. The van der Waals surface area contributed by atoms with E-state index in [0.29, 0.717) is 24.5 Å². The molecule has 2 heterocycles. The molecular formula is C18H16N2O3. The number of carbonyl (C=O) groups excluding carboxylic acids is 2. The number of hydrogen-bond donors (Lipinski definition) is 2. The van der Waals surface area contributed by atoms with E-state index in [1.165, 1.54) is 0 Å². The normalized spacial score (nSPS) is 19.3. The van der Waals surface area contributed by atoms with Gasteiger partial charge in [0.05, 0.1) is 12.0 Å². The quantitative estimate of drug-likeness (QED) is 0.891. The maximum absolute atomic E-state index is 12.9. The Morgan fingerprint density at radius 1 is 1.04 bits per heavy atom. The number of para-hydroxylation sites is 2. The minimum Gasteiger partial charge on any atom is -0.457 e. The molecule has 0 spiro atoms. The van der Waals surface area contributed by atoms with E-state index in [-0.39, 0.29) is 17.9 Å². The van der Waals surface area contributed by atoms with Gasteiger partial charge in [-0.3, -0.25) is 9.59 Å². The molecule has 0 aromatic heterocycles. The Morgan fingerprint density at radius 3 is 2.22 bits per heavy atom. The van der Waals surface area contributed by atoms with Crippen LogP contribution in [0.5, 0.6) is 11.5 Å². The first-order chi connectivity index (χ1) is 11.2. The smallest absolute Gasteiger partial charge is 0.232 e. The van der Waals surface area contributed by atoms with Crippen molar-refractivity contribution in [3.05, 3.63) is 59.7 Å². The van der Waals surface area contributed by atoms with Crippen molar-refractivity contribution < 1.29 is 14.3 Å². The fraction of sp³-hybridized carbons (Fsp3) is 0.222. The monoisotopic (exact) mass is 308 g/mol. The minimum absolute atomic E-state index is 0.0249. The molecule has 1 saturated heterocycles. The molecule has 2 aliphatic rings. The molecular weight excluding hydrogens is 292 g/mol. The van der Waals surface area contributed by atoms with Gasteiger partial charge < -0.3 is 15.4 Å². The summed E-state index contributed by atoms with van der Waals surface area (Å²) in [6.07, 6.45) is 0.332. The van der Waals surface area contributed by atoms with Crippen LogP contribution >= 0.6 is 0 Å². The third-order valence-electron chi connectivity index (χ3n) is 4.27. The molecule has 0 saturated carbocycles. The summed E-state index contributed by atoms with van der Waals surface area (Å²) in [5.41, 5.74) is 1.70. The number of nitrogens with one attached hydrogen (secondary N) is 2. The van der Waals surface area contributed by atoms with Gasteiger partial charge >= 0.3 is 0 Å². The van der Waals surface area contributed by atoms with Crippen LogP contribution in [0.1, 0.15) is 23.5 Å². The van der Waals surface area contributed by atoms with Crippen LogP contribution in [-0.4, -0.2) is 24.4 Å². The summed E-state index contributed by atoms with van der Waals surface area (Å²) >= 11 is 0. The zero-order chi connectivity index (χ0) is 15.8. The molecule has 0 aliphatic carbocycles. The maximum atomic E-state index is 12.9. The maximum Gasteiger partial charge on any atom is 0.232 e. The minimum atomic E-state index is -0.424. The van der Waals surface area contributed by atoms with Crippen LogP contribution in [0, 0.1) is 0 Å². The molecule has 2 aliphatic heterocycles. The number of fused-ring (bicyclic) bond motifs is 2. The summed E-state index contributed by atoms with van der Waals surface area (Å²) in [7, 11) is 0. The standard InChI is InChI=1S/C18H16N2O3/c21-16-9-11(10-19-16)20-18(22)17-12-5-1-3-7-14(12)23-15-8-4-2-6-13(15)17/h1-8,11,17H,9-10H2,(H,19,21)(H,20,22). The van der Waals surface area contributed by atoms with Gasteiger partial charge in [-0.2, -0.15) is 0 Å². The van der Waals surface area contributed by atoms with Crippen molar-refractivity contribution in [2.24, 2.45) is 0 Å². The number of ether oxygens (including phenoxy) is 1. The van der Waals surface area contributed by atoms with Gasteiger partial charge in [0.25, 0.3) is 0 Å². The lowest BCUT2D eigenvalue weighted by Gasteiger charge is -2.28. The zero-order valence-electron chi connectivity index (χ0n) is 12.4. The molecule has 5 heteroatoms. The van der Waals surface area contributed by atoms with Gasteiger partial charge in [-0.1, -0.05) is 36.4 Å². The number of carbonyl (C=O) groups is 2. The lowest BCUT2D eigenvalue weighted by atomic mass is 9.87. The summed E-state index contributed by atoms with van der Waals surface area (Å²) in [6, 6.07) is 15.0. The predicted octanol–water partition coefficient (Wildman–Crippen LogP) is 1.93. The van der Waals surface area contributed by atoms with Gasteiger partial charge in [0.2, 0.25) is 11.8 Å². The van der Waals surface area contributed by atoms with Crippen molar-refractivity contribution in [3.8, 4) is 11.5 Å². The average Bonchev–Trinajstić information content (AvgIpc) is 2.97. The number of benzene rings is 2. The van der Waals surface area contributed by atoms with Crippen LogP contribution < -0.4 is 15.4 Å². The van der Waals surface area contributed by atoms with E-state index in [9.17, 15) is 9.59 Å². The summed E-state index contributed by atoms with van der Waals surface area (Å²) in [6.45, 7) is 0.483. The Hall–Kier alpha value is -2.82. The summed E-state index contributed by atoms with van der Waals surface area (Å²) in [5, 5.41) is 5.72. The Labute approximate surface area is 133 Å². The average molecular weight is 308 g/mol. The summed E-state index contributed by atoms with van der Waals surface area (Å²) < 4.78 is 5.90. The van der Waals surface area contributed by atoms with Crippen LogP contribution in [0.4, 0.5) is 0 Å². The van der Waals surface area contributed by atoms with Crippen LogP contribution in [0.2, 0.25) is 0 Å². The molecule has 1 fully saturated rings. The molecule has 0 bridgehead atoms. The highest BCUT2D eigenvalue weighted by atomic mass is 16.5. The van der Waals surface area contributed by atoms with E-state index >= 15 is 0 Å². The van der Waals surface area contributed by atoms with Crippen LogP contribution in [-0.2, 0) is 9.59 Å². The largest absolute Gasteiger partial charge is 0.457 e. The molecule has 4 rings (SSSR count). The Kier molecular flexibility index (Phi) is 3.26. The van der Waals surface area contributed by atoms with Crippen molar-refractivity contribution in [1.82, 2.24) is 10.6 Å². The van der Waals surface area contributed by atoms with E-state index in [1.54, 1.807) is 0 Å². The summed E-state index contributed by atoms with van der Waals surface area (Å²) in [4.78, 5) is 24.2. The second-order valence-corrected chi connectivity index (χ2v) is 5.82. The molecule has 2 N–H and O–H groups in total. The van der Waals surface area contributed by atoms with E-state index < -0.39 is 5.92 Å². The third kappa shape index (κ3) is 2.44. The molecule has 2 aromatic rings. The van der Waals surface area contributed by atoms with Crippen molar-refractivity contribution in [2.75, 3.05) is 6.54 Å². The van der Waals surface area contributed by atoms with Crippen molar-refractivity contribution >= 4 is 11.8 Å². The molecule has 2 amide bonds. The Balaban J connectivity index is 1.69. The number of amides is 2. The molecule has 0 radical (unpaired) electrons. The van der Waals surface area contributed by atoms with Gasteiger partial charge in [-0.05, 0) is 12.1 Å². The third-order valence-corrected chi connectivity index (χ3v) is 4.27. The number of rotatable bonds is 2. The molecule has 1 atom stereocenters. The van der Waals surface area contributed by atoms with Crippen molar-refractivity contribution in [1.29, 1.82) is 0 Å². The molecule has 5 nitrogen and oxygen atoms in total. The van der Waals surface area contributed by atoms with Crippen LogP contribution in [0.25, 0.3) is 0 Å². The topological polar surface area (TPSA) is 67.4 Å². The van der Waals surface area contributed by atoms with Gasteiger partial charge in [0, 0.05) is 24.1 Å². The number of hydrogen-bond acceptors (Lipinski definition) is 3. The molecule has 2 aromatic carbocycles.